The number of nitrogens with zero attached hydrogens (tertiary/aromatic N) is 3. The molecule has 0 fully saturated rings. The van der Waals surface area contributed by atoms with E-state index in [2.05, 4.69) is 11.1 Å². The molecule has 19 heavy (non-hydrogen) atoms. The first-order valence-electron chi connectivity index (χ1n) is 6.02. The van der Waals surface area contributed by atoms with Crippen LogP contribution in [0.1, 0.15) is 12.0 Å². The molecule has 0 N–H and O–H groups in total. The molecule has 0 radical (unpaired) electrons. The van der Waals surface area contributed by atoms with Crippen molar-refractivity contribution in [3.8, 4) is 11.8 Å². The molecule has 0 saturated carbocycles. The minimum Gasteiger partial charge on any atom is -0.494 e. The lowest BCUT2D eigenvalue weighted by Gasteiger charge is -2.06. The number of imidazole rings is 1. The first-order valence-corrected chi connectivity index (χ1v) is 7.01. The molecule has 1 aromatic heterocycles. The third-order valence-electron chi connectivity index (χ3n) is 2.55. The van der Waals surface area contributed by atoms with Crippen LogP contribution in [0.4, 0.5) is 0 Å². The molecular weight excluding hydrogens is 258 g/mol. The first kappa shape index (κ1) is 13.5. The maximum absolute atomic E-state index is 8.69. The molecule has 0 aliphatic rings. The Labute approximate surface area is 117 Å². The van der Waals surface area contributed by atoms with Crippen molar-refractivity contribution in [2.45, 2.75) is 11.6 Å². The summed E-state index contributed by atoms with van der Waals surface area (Å²) >= 11 is 1.72. The zero-order valence-corrected chi connectivity index (χ0v) is 11.6. The summed E-state index contributed by atoms with van der Waals surface area (Å²) in [6, 6.07) is 9.25. The van der Waals surface area contributed by atoms with Crippen molar-refractivity contribution >= 4 is 11.8 Å². The summed E-state index contributed by atoms with van der Waals surface area (Å²) in [4.78, 5) is 4.25. The maximum atomic E-state index is 8.69. The van der Waals surface area contributed by atoms with E-state index < -0.39 is 0 Å². The lowest BCUT2D eigenvalue weighted by Crippen LogP contribution is -1.99. The van der Waals surface area contributed by atoms with E-state index in [0.29, 0.717) is 12.2 Å². The summed E-state index contributed by atoms with van der Waals surface area (Å²) in [7, 11) is 1.99. The SMILES string of the molecule is Cn1ccnc1SCCCOc1ccc(C#N)cc1. The second-order valence-corrected chi connectivity index (χ2v) is 5.07. The van der Waals surface area contributed by atoms with Crippen LogP contribution in [0.15, 0.2) is 41.8 Å². The average Bonchev–Trinajstić information content (AvgIpc) is 2.85. The van der Waals surface area contributed by atoms with Crippen LogP contribution in [0.25, 0.3) is 0 Å². The number of rotatable bonds is 6. The topological polar surface area (TPSA) is 50.8 Å². The van der Waals surface area contributed by atoms with Crippen LogP contribution in [0, 0.1) is 11.3 Å². The zero-order chi connectivity index (χ0) is 13.5. The van der Waals surface area contributed by atoms with Crippen LogP contribution in [0.5, 0.6) is 5.75 Å². The molecule has 0 spiro atoms. The van der Waals surface area contributed by atoms with Gasteiger partial charge in [0.05, 0.1) is 18.2 Å². The van der Waals surface area contributed by atoms with Gasteiger partial charge in [-0.2, -0.15) is 5.26 Å². The monoisotopic (exact) mass is 273 g/mol. The quantitative estimate of drug-likeness (QED) is 0.600. The van der Waals surface area contributed by atoms with Crippen molar-refractivity contribution in [3.05, 3.63) is 42.2 Å². The number of aryl methyl sites for hydroxylation is 1. The molecule has 5 heteroatoms. The Morgan fingerprint density at radius 1 is 1.37 bits per heavy atom. The summed E-state index contributed by atoms with van der Waals surface area (Å²) in [6.45, 7) is 0.670. The highest BCUT2D eigenvalue weighted by Gasteiger charge is 2.00. The zero-order valence-electron chi connectivity index (χ0n) is 10.7. The van der Waals surface area contributed by atoms with Gasteiger partial charge in [-0.15, -0.1) is 0 Å². The molecule has 0 aliphatic carbocycles. The van der Waals surface area contributed by atoms with E-state index in [9.17, 15) is 0 Å². The number of thioether (sulfide) groups is 1. The molecule has 0 bridgehead atoms. The van der Waals surface area contributed by atoms with E-state index in [1.54, 1.807) is 30.1 Å². The van der Waals surface area contributed by atoms with Gasteiger partial charge in [-0.3, -0.25) is 0 Å². The number of hydrogen-bond acceptors (Lipinski definition) is 4. The van der Waals surface area contributed by atoms with Gasteiger partial charge in [-0.1, -0.05) is 11.8 Å². The molecule has 0 aliphatic heterocycles. The highest BCUT2D eigenvalue weighted by molar-refractivity contribution is 7.99. The Kier molecular flexibility index (Phi) is 4.87. The van der Waals surface area contributed by atoms with Gasteiger partial charge in [0.1, 0.15) is 5.75 Å². The number of ether oxygens (including phenoxy) is 1. The molecule has 0 amide bonds. The van der Waals surface area contributed by atoms with Crippen molar-refractivity contribution in [1.29, 1.82) is 5.26 Å². The maximum Gasteiger partial charge on any atom is 0.167 e. The van der Waals surface area contributed by atoms with Crippen LogP contribution < -0.4 is 4.74 Å². The predicted molar refractivity (Wildman–Crippen MR) is 75.2 cm³/mol. The summed E-state index contributed by atoms with van der Waals surface area (Å²) in [5, 5.41) is 9.71. The van der Waals surface area contributed by atoms with Gasteiger partial charge < -0.3 is 9.30 Å². The highest BCUT2D eigenvalue weighted by atomic mass is 32.2. The lowest BCUT2D eigenvalue weighted by molar-refractivity contribution is 0.318. The van der Waals surface area contributed by atoms with Gasteiger partial charge in [0.25, 0.3) is 0 Å². The standard InChI is InChI=1S/C14H15N3OS/c1-17-8-7-16-14(17)19-10-2-9-18-13-5-3-12(11-15)4-6-13/h3-8H,2,9-10H2,1H3. The van der Waals surface area contributed by atoms with Crippen LogP contribution in [0.2, 0.25) is 0 Å². The number of benzene rings is 1. The molecule has 2 aromatic rings. The molecule has 0 atom stereocenters. The van der Waals surface area contributed by atoms with Gasteiger partial charge in [-0.05, 0) is 30.7 Å². The normalized spacial score (nSPS) is 10.1. The van der Waals surface area contributed by atoms with Crippen LogP contribution in [0.3, 0.4) is 0 Å². The predicted octanol–water partition coefficient (Wildman–Crippen LogP) is 2.85. The molecule has 1 aromatic carbocycles. The van der Waals surface area contributed by atoms with E-state index in [1.807, 2.05) is 29.9 Å². The second-order valence-electron chi connectivity index (χ2n) is 4.01. The fourth-order valence-electron chi connectivity index (χ4n) is 1.53. The largest absolute Gasteiger partial charge is 0.494 e. The molecule has 0 saturated heterocycles. The Hall–Kier alpha value is -1.93. The summed E-state index contributed by atoms with van der Waals surface area (Å²) in [6.07, 6.45) is 4.70. The Morgan fingerprint density at radius 2 is 2.16 bits per heavy atom. The Morgan fingerprint density at radius 3 is 2.79 bits per heavy atom. The Bertz CT molecular complexity index is 557. The smallest absolute Gasteiger partial charge is 0.167 e. The van der Waals surface area contributed by atoms with Gasteiger partial charge in [0, 0.05) is 25.2 Å². The molecular formula is C14H15N3OS. The third kappa shape index (κ3) is 4.04. The first-order chi connectivity index (χ1) is 9.29. The summed E-state index contributed by atoms with van der Waals surface area (Å²) < 4.78 is 7.61. The molecule has 1 heterocycles. The van der Waals surface area contributed by atoms with Crippen molar-refractivity contribution < 1.29 is 4.74 Å². The minimum atomic E-state index is 0.651. The molecule has 2 rings (SSSR count). The molecule has 0 unspecified atom stereocenters. The van der Waals surface area contributed by atoms with Crippen LogP contribution >= 0.6 is 11.8 Å². The van der Waals surface area contributed by atoms with E-state index in [4.69, 9.17) is 10.00 Å². The van der Waals surface area contributed by atoms with Crippen molar-refractivity contribution in [2.75, 3.05) is 12.4 Å². The number of aromatic nitrogens is 2. The van der Waals surface area contributed by atoms with E-state index in [-0.39, 0.29) is 0 Å². The summed E-state index contributed by atoms with van der Waals surface area (Å²) in [5.41, 5.74) is 0.651. The third-order valence-corrected chi connectivity index (χ3v) is 3.69. The molecule has 4 nitrogen and oxygen atoms in total. The fourth-order valence-corrected chi connectivity index (χ4v) is 2.37. The van der Waals surface area contributed by atoms with Crippen molar-refractivity contribution in [2.24, 2.45) is 7.05 Å². The highest BCUT2D eigenvalue weighted by Crippen LogP contribution is 2.16. The van der Waals surface area contributed by atoms with E-state index >= 15 is 0 Å². The molecule has 98 valence electrons. The average molecular weight is 273 g/mol. The van der Waals surface area contributed by atoms with E-state index in [1.165, 1.54) is 0 Å². The van der Waals surface area contributed by atoms with Gasteiger partial charge in [0.2, 0.25) is 0 Å². The number of nitriles is 1. The Balaban J connectivity index is 1.66. The second kappa shape index (κ2) is 6.86. The van der Waals surface area contributed by atoms with Crippen molar-refractivity contribution in [3.63, 3.8) is 0 Å². The lowest BCUT2D eigenvalue weighted by atomic mass is 10.2. The van der Waals surface area contributed by atoms with E-state index in [0.717, 1.165) is 23.1 Å². The number of hydrogen-bond donors (Lipinski definition) is 0. The minimum absolute atomic E-state index is 0.651. The van der Waals surface area contributed by atoms with Crippen molar-refractivity contribution in [1.82, 2.24) is 9.55 Å². The van der Waals surface area contributed by atoms with Gasteiger partial charge >= 0.3 is 0 Å². The van der Waals surface area contributed by atoms with Gasteiger partial charge in [0.15, 0.2) is 5.16 Å². The fraction of sp³-hybridized carbons (Fsp3) is 0.286. The van der Waals surface area contributed by atoms with Gasteiger partial charge in [-0.25, -0.2) is 4.98 Å². The van der Waals surface area contributed by atoms with Crippen LogP contribution in [-0.2, 0) is 7.05 Å². The summed E-state index contributed by atoms with van der Waals surface area (Å²) in [5.74, 6) is 1.78. The van der Waals surface area contributed by atoms with Crippen LogP contribution in [-0.4, -0.2) is 21.9 Å².